The summed E-state index contributed by atoms with van der Waals surface area (Å²) in [4.78, 5) is 0. The molecule has 0 aromatic heterocycles. The summed E-state index contributed by atoms with van der Waals surface area (Å²) < 4.78 is 5.73. The minimum absolute atomic E-state index is 0.238. The van der Waals surface area contributed by atoms with Crippen molar-refractivity contribution in [3.05, 3.63) is 29.3 Å². The minimum atomic E-state index is 0.238. The van der Waals surface area contributed by atoms with Crippen molar-refractivity contribution < 1.29 is 4.74 Å². The predicted octanol–water partition coefficient (Wildman–Crippen LogP) is 3.32. The lowest BCUT2D eigenvalue weighted by atomic mass is 10.1. The van der Waals surface area contributed by atoms with Gasteiger partial charge in [0.25, 0.3) is 0 Å². The van der Waals surface area contributed by atoms with E-state index in [0.29, 0.717) is 6.04 Å². The summed E-state index contributed by atoms with van der Waals surface area (Å²) in [6, 6.07) is 7.02. The summed E-state index contributed by atoms with van der Waals surface area (Å²) >= 11 is 0. The number of hydrogen-bond donors (Lipinski definition) is 1. The lowest BCUT2D eigenvalue weighted by Crippen LogP contribution is -2.24. The van der Waals surface area contributed by atoms with Gasteiger partial charge in [-0.2, -0.15) is 0 Å². The molecule has 2 nitrogen and oxygen atoms in total. The summed E-state index contributed by atoms with van der Waals surface area (Å²) in [7, 11) is 0. The van der Waals surface area contributed by atoms with E-state index in [2.05, 4.69) is 58.1 Å². The quantitative estimate of drug-likeness (QED) is 0.816. The van der Waals surface area contributed by atoms with Crippen molar-refractivity contribution in [1.82, 2.24) is 5.32 Å². The Labute approximate surface area is 105 Å². The predicted molar refractivity (Wildman–Crippen MR) is 73.8 cm³/mol. The van der Waals surface area contributed by atoms with E-state index < -0.39 is 0 Å². The van der Waals surface area contributed by atoms with Gasteiger partial charge in [0.15, 0.2) is 0 Å². The molecule has 0 radical (unpaired) electrons. The van der Waals surface area contributed by atoms with E-state index >= 15 is 0 Å². The van der Waals surface area contributed by atoms with Crippen LogP contribution in [0.4, 0.5) is 0 Å². The molecule has 0 aliphatic rings. The summed E-state index contributed by atoms with van der Waals surface area (Å²) in [5.41, 5.74) is 2.59. The zero-order chi connectivity index (χ0) is 12.8. The number of hydrogen-bond acceptors (Lipinski definition) is 2. The highest BCUT2D eigenvalue weighted by Gasteiger charge is 2.03. The van der Waals surface area contributed by atoms with Crippen LogP contribution >= 0.6 is 0 Å². The molecule has 17 heavy (non-hydrogen) atoms. The SMILES string of the molecule is Cc1cc(CCNC(C)C)ccc1OC(C)C. The Balaban J connectivity index is 2.56. The van der Waals surface area contributed by atoms with Gasteiger partial charge in [-0.15, -0.1) is 0 Å². The Bertz CT molecular complexity index is 345. The number of aryl methyl sites for hydroxylation is 1. The molecule has 2 heteroatoms. The van der Waals surface area contributed by atoms with Crippen LogP contribution in [0.2, 0.25) is 0 Å². The molecule has 0 fully saturated rings. The molecule has 96 valence electrons. The average molecular weight is 235 g/mol. The molecule has 1 aromatic rings. The second-order valence-corrected chi connectivity index (χ2v) is 5.13. The Morgan fingerprint density at radius 2 is 1.88 bits per heavy atom. The van der Waals surface area contributed by atoms with Crippen molar-refractivity contribution in [2.45, 2.75) is 53.2 Å². The van der Waals surface area contributed by atoms with Crippen LogP contribution in [0.25, 0.3) is 0 Å². The zero-order valence-electron chi connectivity index (χ0n) is 11.7. The standard InChI is InChI=1S/C15H25NO/c1-11(2)16-9-8-14-6-7-15(13(5)10-14)17-12(3)4/h6-7,10-12,16H,8-9H2,1-5H3. The lowest BCUT2D eigenvalue weighted by molar-refractivity contribution is 0.240. The van der Waals surface area contributed by atoms with E-state index in [1.165, 1.54) is 11.1 Å². The van der Waals surface area contributed by atoms with Crippen LogP contribution in [-0.4, -0.2) is 18.7 Å². The van der Waals surface area contributed by atoms with Crippen LogP contribution in [0.1, 0.15) is 38.8 Å². The maximum Gasteiger partial charge on any atom is 0.122 e. The lowest BCUT2D eigenvalue weighted by Gasteiger charge is -2.14. The third kappa shape index (κ3) is 5.22. The second kappa shape index (κ2) is 6.65. The summed E-state index contributed by atoms with van der Waals surface area (Å²) in [6.45, 7) is 11.6. The topological polar surface area (TPSA) is 21.3 Å². The van der Waals surface area contributed by atoms with Gasteiger partial charge in [0.2, 0.25) is 0 Å². The van der Waals surface area contributed by atoms with E-state index in [9.17, 15) is 0 Å². The first-order valence-corrected chi connectivity index (χ1v) is 6.48. The maximum absolute atomic E-state index is 5.73. The largest absolute Gasteiger partial charge is 0.491 e. The van der Waals surface area contributed by atoms with E-state index in [1.807, 2.05) is 0 Å². The zero-order valence-corrected chi connectivity index (χ0v) is 11.7. The molecule has 0 heterocycles. The van der Waals surface area contributed by atoms with Gasteiger partial charge in [-0.05, 0) is 50.9 Å². The van der Waals surface area contributed by atoms with Gasteiger partial charge in [0.05, 0.1) is 6.10 Å². The minimum Gasteiger partial charge on any atom is -0.491 e. The van der Waals surface area contributed by atoms with Crippen molar-refractivity contribution >= 4 is 0 Å². The highest BCUT2D eigenvalue weighted by Crippen LogP contribution is 2.20. The van der Waals surface area contributed by atoms with Crippen LogP contribution in [0.3, 0.4) is 0 Å². The summed E-state index contributed by atoms with van der Waals surface area (Å²) in [5.74, 6) is 1.00. The molecule has 0 atom stereocenters. The van der Waals surface area contributed by atoms with Gasteiger partial charge >= 0.3 is 0 Å². The van der Waals surface area contributed by atoms with E-state index in [4.69, 9.17) is 4.74 Å². The van der Waals surface area contributed by atoms with Gasteiger partial charge < -0.3 is 10.1 Å². The molecule has 0 spiro atoms. The molecular weight excluding hydrogens is 210 g/mol. The molecule has 0 saturated carbocycles. The highest BCUT2D eigenvalue weighted by atomic mass is 16.5. The van der Waals surface area contributed by atoms with Crippen LogP contribution in [0.15, 0.2) is 18.2 Å². The third-order valence-electron chi connectivity index (χ3n) is 2.57. The first-order chi connectivity index (χ1) is 7.99. The fourth-order valence-electron chi connectivity index (χ4n) is 1.76. The third-order valence-corrected chi connectivity index (χ3v) is 2.57. The first kappa shape index (κ1) is 14.0. The Morgan fingerprint density at radius 1 is 1.18 bits per heavy atom. The molecule has 0 amide bonds. The number of rotatable bonds is 6. The second-order valence-electron chi connectivity index (χ2n) is 5.13. The normalized spacial score (nSPS) is 11.2. The average Bonchev–Trinajstić information content (AvgIpc) is 2.21. The molecule has 0 saturated heterocycles. The maximum atomic E-state index is 5.73. The van der Waals surface area contributed by atoms with Crippen LogP contribution < -0.4 is 10.1 Å². The number of benzene rings is 1. The van der Waals surface area contributed by atoms with Crippen LogP contribution in [-0.2, 0) is 6.42 Å². The molecule has 0 unspecified atom stereocenters. The van der Waals surface area contributed by atoms with Gasteiger partial charge in [-0.1, -0.05) is 26.0 Å². The Morgan fingerprint density at radius 3 is 2.41 bits per heavy atom. The molecule has 1 N–H and O–H groups in total. The van der Waals surface area contributed by atoms with Crippen molar-refractivity contribution in [1.29, 1.82) is 0 Å². The van der Waals surface area contributed by atoms with Gasteiger partial charge in [-0.25, -0.2) is 0 Å². The fourth-order valence-corrected chi connectivity index (χ4v) is 1.76. The van der Waals surface area contributed by atoms with Crippen molar-refractivity contribution in [2.75, 3.05) is 6.54 Å². The smallest absolute Gasteiger partial charge is 0.122 e. The van der Waals surface area contributed by atoms with Gasteiger partial charge in [0.1, 0.15) is 5.75 Å². The molecule has 0 aliphatic heterocycles. The fraction of sp³-hybridized carbons (Fsp3) is 0.600. The van der Waals surface area contributed by atoms with E-state index in [1.54, 1.807) is 0 Å². The van der Waals surface area contributed by atoms with Gasteiger partial charge in [0, 0.05) is 6.04 Å². The molecule has 1 aromatic carbocycles. The van der Waals surface area contributed by atoms with Crippen molar-refractivity contribution in [3.8, 4) is 5.75 Å². The molecule has 0 aliphatic carbocycles. The summed E-state index contributed by atoms with van der Waals surface area (Å²) in [5, 5.41) is 3.43. The highest BCUT2D eigenvalue weighted by molar-refractivity contribution is 5.36. The number of nitrogens with one attached hydrogen (secondary N) is 1. The van der Waals surface area contributed by atoms with Crippen molar-refractivity contribution in [3.63, 3.8) is 0 Å². The monoisotopic (exact) mass is 235 g/mol. The van der Waals surface area contributed by atoms with Crippen LogP contribution in [0, 0.1) is 6.92 Å². The number of ether oxygens (including phenoxy) is 1. The Hall–Kier alpha value is -1.02. The first-order valence-electron chi connectivity index (χ1n) is 6.48. The molecule has 1 rings (SSSR count). The molecular formula is C15H25NO. The van der Waals surface area contributed by atoms with Crippen molar-refractivity contribution in [2.24, 2.45) is 0 Å². The summed E-state index contributed by atoms with van der Waals surface area (Å²) in [6.07, 6.45) is 1.31. The van der Waals surface area contributed by atoms with E-state index in [0.717, 1.165) is 18.7 Å². The molecule has 0 bridgehead atoms. The van der Waals surface area contributed by atoms with E-state index in [-0.39, 0.29) is 6.10 Å². The van der Waals surface area contributed by atoms with Crippen LogP contribution in [0.5, 0.6) is 5.75 Å². The van der Waals surface area contributed by atoms with Gasteiger partial charge in [-0.3, -0.25) is 0 Å². The Kier molecular flexibility index (Phi) is 5.49.